The van der Waals surface area contributed by atoms with E-state index in [1.165, 1.54) is 0 Å². The lowest BCUT2D eigenvalue weighted by Crippen LogP contribution is -2.23. The molecule has 1 rings (SSSR count). The Morgan fingerprint density at radius 1 is 1.25 bits per heavy atom. The smallest absolute Gasteiger partial charge is 0.177 e. The summed E-state index contributed by atoms with van der Waals surface area (Å²) in [7, 11) is -3.36. The van der Waals surface area contributed by atoms with Crippen molar-refractivity contribution in [2.45, 2.75) is 6.92 Å². The molecule has 4 nitrogen and oxygen atoms in total. The SMILES string of the molecule is Cc1ccc(C(=O)CS(=O)(=O)CCN)cc1. The van der Waals surface area contributed by atoms with Gasteiger partial charge >= 0.3 is 0 Å². The van der Waals surface area contributed by atoms with Crippen LogP contribution in [0.4, 0.5) is 0 Å². The van der Waals surface area contributed by atoms with E-state index in [-0.39, 0.29) is 18.1 Å². The maximum atomic E-state index is 11.6. The van der Waals surface area contributed by atoms with Gasteiger partial charge in [-0.3, -0.25) is 4.79 Å². The average Bonchev–Trinajstić information content (AvgIpc) is 2.17. The minimum absolute atomic E-state index is 0.0451. The van der Waals surface area contributed by atoms with Crippen molar-refractivity contribution < 1.29 is 13.2 Å². The quantitative estimate of drug-likeness (QED) is 0.764. The summed E-state index contributed by atoms with van der Waals surface area (Å²) in [5.41, 5.74) is 6.61. The van der Waals surface area contributed by atoms with Gasteiger partial charge in [-0.05, 0) is 6.92 Å². The second kappa shape index (κ2) is 5.23. The second-order valence-corrected chi connectivity index (χ2v) is 5.85. The van der Waals surface area contributed by atoms with Crippen LogP contribution < -0.4 is 5.73 Å². The van der Waals surface area contributed by atoms with Gasteiger partial charge in [0.25, 0.3) is 0 Å². The first-order valence-electron chi connectivity index (χ1n) is 4.95. The zero-order valence-corrected chi connectivity index (χ0v) is 9.96. The Morgan fingerprint density at radius 3 is 2.31 bits per heavy atom. The highest BCUT2D eigenvalue weighted by atomic mass is 32.2. The molecule has 1 aromatic carbocycles. The van der Waals surface area contributed by atoms with Gasteiger partial charge in [0.1, 0.15) is 5.75 Å². The van der Waals surface area contributed by atoms with Gasteiger partial charge in [-0.1, -0.05) is 29.8 Å². The lowest BCUT2D eigenvalue weighted by Gasteiger charge is -2.02. The number of hydrogen-bond donors (Lipinski definition) is 1. The molecule has 0 fully saturated rings. The molecule has 88 valence electrons. The lowest BCUT2D eigenvalue weighted by molar-refractivity contribution is 0.102. The van der Waals surface area contributed by atoms with Crippen LogP contribution in [0.25, 0.3) is 0 Å². The maximum Gasteiger partial charge on any atom is 0.177 e. The average molecular weight is 241 g/mol. The molecule has 0 saturated carbocycles. The third-order valence-corrected chi connectivity index (χ3v) is 3.71. The third kappa shape index (κ3) is 3.75. The summed E-state index contributed by atoms with van der Waals surface area (Å²) in [5, 5.41) is 0. The van der Waals surface area contributed by atoms with Gasteiger partial charge in [-0.15, -0.1) is 0 Å². The molecule has 5 heteroatoms. The molecule has 2 N–H and O–H groups in total. The van der Waals surface area contributed by atoms with Crippen LogP contribution in [0.2, 0.25) is 0 Å². The topological polar surface area (TPSA) is 77.2 Å². The maximum absolute atomic E-state index is 11.6. The summed E-state index contributed by atoms with van der Waals surface area (Å²) in [4.78, 5) is 11.6. The highest BCUT2D eigenvalue weighted by Gasteiger charge is 2.16. The Kier molecular flexibility index (Phi) is 4.20. The number of carbonyl (C=O) groups is 1. The van der Waals surface area contributed by atoms with Gasteiger partial charge in [0, 0.05) is 12.1 Å². The monoisotopic (exact) mass is 241 g/mol. The molecule has 0 radical (unpaired) electrons. The second-order valence-electron chi connectivity index (χ2n) is 3.67. The van der Waals surface area contributed by atoms with E-state index >= 15 is 0 Å². The number of Topliss-reactive ketones (excluding diaryl/α,β-unsaturated/α-hetero) is 1. The molecule has 0 amide bonds. The highest BCUT2D eigenvalue weighted by Crippen LogP contribution is 2.05. The lowest BCUT2D eigenvalue weighted by atomic mass is 10.1. The first kappa shape index (κ1) is 12.9. The van der Waals surface area contributed by atoms with Crippen molar-refractivity contribution >= 4 is 15.6 Å². The van der Waals surface area contributed by atoms with Crippen molar-refractivity contribution in [1.29, 1.82) is 0 Å². The van der Waals surface area contributed by atoms with Gasteiger partial charge in [-0.25, -0.2) is 8.42 Å². The van der Waals surface area contributed by atoms with Crippen molar-refractivity contribution in [2.24, 2.45) is 5.73 Å². The molecule has 0 heterocycles. The van der Waals surface area contributed by atoms with E-state index < -0.39 is 15.6 Å². The Labute approximate surface area is 95.4 Å². The molecule has 0 saturated heterocycles. The van der Waals surface area contributed by atoms with E-state index in [2.05, 4.69) is 0 Å². The van der Waals surface area contributed by atoms with Crippen LogP contribution >= 0.6 is 0 Å². The Balaban J connectivity index is 2.77. The van der Waals surface area contributed by atoms with E-state index in [0.717, 1.165) is 5.56 Å². The Bertz CT molecular complexity index is 463. The number of carbonyl (C=O) groups excluding carboxylic acids is 1. The molecule has 1 aromatic rings. The van der Waals surface area contributed by atoms with E-state index in [9.17, 15) is 13.2 Å². The molecule has 0 bridgehead atoms. The molecule has 0 aliphatic carbocycles. The third-order valence-electron chi connectivity index (χ3n) is 2.15. The van der Waals surface area contributed by atoms with Crippen LogP contribution in [-0.2, 0) is 9.84 Å². The number of nitrogens with two attached hydrogens (primary N) is 1. The fourth-order valence-electron chi connectivity index (χ4n) is 1.27. The normalized spacial score (nSPS) is 11.4. The Morgan fingerprint density at radius 2 is 1.81 bits per heavy atom. The van der Waals surface area contributed by atoms with Gasteiger partial charge < -0.3 is 5.73 Å². The predicted molar refractivity (Wildman–Crippen MR) is 63.2 cm³/mol. The van der Waals surface area contributed by atoms with E-state index in [1.807, 2.05) is 6.92 Å². The van der Waals surface area contributed by atoms with Crippen molar-refractivity contribution in [3.63, 3.8) is 0 Å². The minimum Gasteiger partial charge on any atom is -0.329 e. The largest absolute Gasteiger partial charge is 0.329 e. The van der Waals surface area contributed by atoms with Crippen LogP contribution in [0.3, 0.4) is 0 Å². The molecular formula is C11H15NO3S. The van der Waals surface area contributed by atoms with Gasteiger partial charge in [0.15, 0.2) is 15.6 Å². The summed E-state index contributed by atoms with van der Waals surface area (Å²) in [5.74, 6) is -0.994. The molecule has 0 aromatic heterocycles. The first-order chi connectivity index (χ1) is 7.44. The molecule has 0 spiro atoms. The first-order valence-corrected chi connectivity index (χ1v) is 6.77. The van der Waals surface area contributed by atoms with Gasteiger partial charge in [0.2, 0.25) is 0 Å². The van der Waals surface area contributed by atoms with Gasteiger partial charge in [0.05, 0.1) is 5.75 Å². The molecule has 0 aliphatic heterocycles. The highest BCUT2D eigenvalue weighted by molar-refractivity contribution is 7.92. The predicted octanol–water partition coefficient (Wildman–Crippen LogP) is 0.551. The molecule has 0 unspecified atom stereocenters. The van der Waals surface area contributed by atoms with Crippen LogP contribution in [-0.4, -0.2) is 32.3 Å². The summed E-state index contributed by atoms with van der Waals surface area (Å²) in [6.45, 7) is 1.95. The number of sulfone groups is 1. The van der Waals surface area contributed by atoms with Crippen LogP contribution in [0.15, 0.2) is 24.3 Å². The number of hydrogen-bond acceptors (Lipinski definition) is 4. The van der Waals surface area contributed by atoms with E-state index in [4.69, 9.17) is 5.73 Å². The van der Waals surface area contributed by atoms with Crippen LogP contribution in [0.5, 0.6) is 0 Å². The fraction of sp³-hybridized carbons (Fsp3) is 0.364. The number of ketones is 1. The summed E-state index contributed by atoms with van der Waals surface area (Å²) in [6.07, 6.45) is 0. The molecule has 0 atom stereocenters. The van der Waals surface area contributed by atoms with Crippen molar-refractivity contribution in [2.75, 3.05) is 18.1 Å². The standard InChI is InChI=1S/C11H15NO3S/c1-9-2-4-10(5-3-9)11(13)8-16(14,15)7-6-12/h2-5H,6-8,12H2,1H3. The van der Waals surface area contributed by atoms with Crippen LogP contribution in [0.1, 0.15) is 15.9 Å². The van der Waals surface area contributed by atoms with Gasteiger partial charge in [-0.2, -0.15) is 0 Å². The molecular weight excluding hydrogens is 226 g/mol. The summed E-state index contributed by atoms with van der Waals surface area (Å²) >= 11 is 0. The fourth-order valence-corrected chi connectivity index (χ4v) is 2.34. The van der Waals surface area contributed by atoms with Crippen LogP contribution in [0, 0.1) is 6.92 Å². The minimum atomic E-state index is -3.36. The van der Waals surface area contributed by atoms with E-state index in [1.54, 1.807) is 24.3 Å². The number of benzene rings is 1. The van der Waals surface area contributed by atoms with Crippen molar-refractivity contribution in [3.05, 3.63) is 35.4 Å². The molecule has 16 heavy (non-hydrogen) atoms. The zero-order valence-electron chi connectivity index (χ0n) is 9.14. The van der Waals surface area contributed by atoms with Crippen molar-refractivity contribution in [1.82, 2.24) is 0 Å². The Hall–Kier alpha value is -1.20. The van der Waals surface area contributed by atoms with E-state index in [0.29, 0.717) is 5.56 Å². The molecule has 0 aliphatic rings. The summed E-state index contributed by atoms with van der Waals surface area (Å²) in [6, 6.07) is 6.83. The zero-order chi connectivity index (χ0) is 12.2. The number of rotatable bonds is 5. The number of aryl methyl sites for hydroxylation is 1. The van der Waals surface area contributed by atoms with Crippen molar-refractivity contribution in [3.8, 4) is 0 Å². The summed E-state index contributed by atoms with van der Waals surface area (Å²) < 4.78 is 22.8.